The van der Waals surface area contributed by atoms with Gasteiger partial charge < -0.3 is 19.9 Å². The van der Waals surface area contributed by atoms with Crippen molar-refractivity contribution in [3.63, 3.8) is 0 Å². The molecular weight excluding hydrogens is 254 g/mol. The molecule has 0 saturated carbocycles. The molecular formula is C16H27NO3. The summed E-state index contributed by atoms with van der Waals surface area (Å²) in [5.41, 5.74) is 0.0679. The highest BCUT2D eigenvalue weighted by molar-refractivity contribution is 5.30. The second-order valence-electron chi connectivity index (χ2n) is 5.46. The van der Waals surface area contributed by atoms with Crippen molar-refractivity contribution in [2.75, 3.05) is 26.8 Å². The summed E-state index contributed by atoms with van der Waals surface area (Å²) < 4.78 is 10.6. The van der Waals surface area contributed by atoms with Crippen molar-refractivity contribution >= 4 is 0 Å². The van der Waals surface area contributed by atoms with Gasteiger partial charge in [-0.2, -0.15) is 0 Å². The summed E-state index contributed by atoms with van der Waals surface area (Å²) in [5.74, 6) is 0.831. The van der Waals surface area contributed by atoms with E-state index in [2.05, 4.69) is 5.32 Å². The summed E-state index contributed by atoms with van der Waals surface area (Å²) in [7, 11) is 1.68. The Morgan fingerprint density at radius 1 is 1.20 bits per heavy atom. The van der Waals surface area contributed by atoms with Gasteiger partial charge in [0, 0.05) is 13.7 Å². The molecule has 20 heavy (non-hydrogen) atoms. The summed E-state index contributed by atoms with van der Waals surface area (Å²) in [6, 6.07) is 7.66. The van der Waals surface area contributed by atoms with E-state index in [0.29, 0.717) is 13.0 Å². The Morgan fingerprint density at radius 3 is 2.40 bits per heavy atom. The van der Waals surface area contributed by atoms with Crippen LogP contribution in [0.25, 0.3) is 0 Å². The van der Waals surface area contributed by atoms with E-state index in [4.69, 9.17) is 9.47 Å². The number of nitrogens with one attached hydrogen (secondary N) is 1. The van der Waals surface area contributed by atoms with Gasteiger partial charge in [-0.15, -0.1) is 0 Å². The largest absolute Gasteiger partial charge is 0.491 e. The Bertz CT molecular complexity index is 374. The van der Waals surface area contributed by atoms with Gasteiger partial charge in [-0.05, 0) is 51.4 Å². The lowest BCUT2D eigenvalue weighted by Crippen LogP contribution is -2.29. The van der Waals surface area contributed by atoms with Crippen molar-refractivity contribution in [2.45, 2.75) is 38.9 Å². The lowest BCUT2D eigenvalue weighted by molar-refractivity contribution is 0.0474. The van der Waals surface area contributed by atoms with Gasteiger partial charge in [-0.1, -0.05) is 12.1 Å². The predicted octanol–water partition coefficient (Wildman–Crippen LogP) is 2.31. The molecule has 114 valence electrons. The zero-order valence-electron chi connectivity index (χ0n) is 13.0. The van der Waals surface area contributed by atoms with E-state index in [1.165, 1.54) is 0 Å². The predicted molar refractivity (Wildman–Crippen MR) is 81.1 cm³/mol. The first kappa shape index (κ1) is 17.0. The van der Waals surface area contributed by atoms with Gasteiger partial charge in [0.1, 0.15) is 5.75 Å². The molecule has 0 heterocycles. The van der Waals surface area contributed by atoms with E-state index in [0.717, 1.165) is 24.4 Å². The van der Waals surface area contributed by atoms with Gasteiger partial charge in [0.05, 0.1) is 18.3 Å². The van der Waals surface area contributed by atoms with Crippen molar-refractivity contribution in [2.24, 2.45) is 0 Å². The van der Waals surface area contributed by atoms with E-state index < -0.39 is 5.60 Å². The van der Waals surface area contributed by atoms with E-state index >= 15 is 0 Å². The Hall–Kier alpha value is -1.10. The number of hydrogen-bond donors (Lipinski definition) is 2. The monoisotopic (exact) mass is 281 g/mol. The highest BCUT2D eigenvalue weighted by Gasteiger charge is 2.22. The molecule has 0 aliphatic heterocycles. The summed E-state index contributed by atoms with van der Waals surface area (Å²) >= 11 is 0. The van der Waals surface area contributed by atoms with Crippen molar-refractivity contribution in [3.8, 4) is 5.75 Å². The zero-order valence-corrected chi connectivity index (χ0v) is 13.0. The van der Waals surface area contributed by atoms with Gasteiger partial charge in [0.25, 0.3) is 0 Å². The van der Waals surface area contributed by atoms with Gasteiger partial charge in [-0.25, -0.2) is 0 Å². The Balaban J connectivity index is 2.49. The molecule has 0 fully saturated rings. The second kappa shape index (κ2) is 8.25. The summed E-state index contributed by atoms with van der Waals surface area (Å²) in [6.07, 6.45) is 0.813. The van der Waals surface area contributed by atoms with Gasteiger partial charge in [-0.3, -0.25) is 0 Å². The van der Waals surface area contributed by atoms with Crippen LogP contribution >= 0.6 is 0 Å². The van der Waals surface area contributed by atoms with Crippen LogP contribution < -0.4 is 10.1 Å². The maximum atomic E-state index is 10.5. The van der Waals surface area contributed by atoms with Crippen LogP contribution in [0.1, 0.15) is 32.8 Å². The number of aliphatic hydroxyl groups is 1. The third-order valence-electron chi connectivity index (χ3n) is 3.12. The maximum absolute atomic E-state index is 10.5. The van der Waals surface area contributed by atoms with Crippen LogP contribution in [0.2, 0.25) is 0 Å². The molecule has 1 aromatic rings. The van der Waals surface area contributed by atoms with Crippen LogP contribution in [0.4, 0.5) is 0 Å². The zero-order chi connectivity index (χ0) is 15.0. The molecule has 0 aromatic heterocycles. The molecule has 4 heteroatoms. The standard InChI is InChI=1S/C16H27NO3/c1-13(2)20-15-7-5-14(6-8-15)16(3,18)9-10-17-11-12-19-4/h5-8,13,17-18H,9-12H2,1-4H3. The lowest BCUT2D eigenvalue weighted by Gasteiger charge is -2.24. The number of ether oxygens (including phenoxy) is 2. The minimum atomic E-state index is -0.837. The number of hydrogen-bond acceptors (Lipinski definition) is 4. The van der Waals surface area contributed by atoms with Crippen molar-refractivity contribution in [3.05, 3.63) is 29.8 Å². The average Bonchev–Trinajstić information content (AvgIpc) is 2.38. The normalized spacial score (nSPS) is 14.3. The van der Waals surface area contributed by atoms with Crippen LogP contribution in [0.3, 0.4) is 0 Å². The smallest absolute Gasteiger partial charge is 0.119 e. The highest BCUT2D eigenvalue weighted by atomic mass is 16.5. The number of rotatable bonds is 9. The topological polar surface area (TPSA) is 50.7 Å². The molecule has 0 spiro atoms. The van der Waals surface area contributed by atoms with Crippen LogP contribution in [-0.4, -0.2) is 38.0 Å². The first-order chi connectivity index (χ1) is 9.45. The van der Waals surface area contributed by atoms with Gasteiger partial charge in [0.2, 0.25) is 0 Å². The molecule has 2 N–H and O–H groups in total. The molecule has 0 bridgehead atoms. The third-order valence-corrected chi connectivity index (χ3v) is 3.12. The van der Waals surface area contributed by atoms with E-state index in [9.17, 15) is 5.11 Å². The molecule has 0 saturated heterocycles. The van der Waals surface area contributed by atoms with E-state index in [1.807, 2.05) is 45.0 Å². The fourth-order valence-electron chi connectivity index (χ4n) is 1.94. The molecule has 1 rings (SSSR count). The summed E-state index contributed by atoms with van der Waals surface area (Å²) in [4.78, 5) is 0. The summed E-state index contributed by atoms with van der Waals surface area (Å²) in [6.45, 7) is 8.06. The Morgan fingerprint density at radius 2 is 1.85 bits per heavy atom. The lowest BCUT2D eigenvalue weighted by atomic mass is 9.92. The Kier molecular flexibility index (Phi) is 6.99. The number of benzene rings is 1. The van der Waals surface area contributed by atoms with E-state index in [-0.39, 0.29) is 6.10 Å². The maximum Gasteiger partial charge on any atom is 0.119 e. The molecule has 0 amide bonds. The first-order valence-electron chi connectivity index (χ1n) is 7.15. The quantitative estimate of drug-likeness (QED) is 0.682. The molecule has 1 unspecified atom stereocenters. The molecule has 0 aliphatic rings. The second-order valence-corrected chi connectivity index (χ2v) is 5.46. The Labute approximate surface area is 122 Å². The number of methoxy groups -OCH3 is 1. The molecule has 1 atom stereocenters. The van der Waals surface area contributed by atoms with Gasteiger partial charge >= 0.3 is 0 Å². The van der Waals surface area contributed by atoms with Crippen molar-refractivity contribution < 1.29 is 14.6 Å². The molecule has 0 radical (unpaired) electrons. The molecule has 0 aliphatic carbocycles. The fourth-order valence-corrected chi connectivity index (χ4v) is 1.94. The third kappa shape index (κ3) is 5.90. The minimum Gasteiger partial charge on any atom is -0.491 e. The SMILES string of the molecule is COCCNCCC(C)(O)c1ccc(OC(C)C)cc1. The first-order valence-corrected chi connectivity index (χ1v) is 7.15. The fraction of sp³-hybridized carbons (Fsp3) is 0.625. The molecule has 1 aromatic carbocycles. The van der Waals surface area contributed by atoms with Crippen LogP contribution in [0.5, 0.6) is 5.75 Å². The van der Waals surface area contributed by atoms with E-state index in [1.54, 1.807) is 7.11 Å². The van der Waals surface area contributed by atoms with Gasteiger partial charge in [0.15, 0.2) is 0 Å². The highest BCUT2D eigenvalue weighted by Crippen LogP contribution is 2.26. The van der Waals surface area contributed by atoms with Crippen LogP contribution in [0.15, 0.2) is 24.3 Å². The van der Waals surface area contributed by atoms with Crippen LogP contribution in [-0.2, 0) is 10.3 Å². The summed E-state index contributed by atoms with van der Waals surface area (Å²) in [5, 5.41) is 13.7. The average molecular weight is 281 g/mol. The van der Waals surface area contributed by atoms with Crippen LogP contribution in [0, 0.1) is 0 Å². The van der Waals surface area contributed by atoms with Crippen molar-refractivity contribution in [1.82, 2.24) is 5.32 Å². The van der Waals surface area contributed by atoms with Crippen molar-refractivity contribution in [1.29, 1.82) is 0 Å². The molecule has 4 nitrogen and oxygen atoms in total. The minimum absolute atomic E-state index is 0.159.